The molecule has 1 saturated heterocycles. The Morgan fingerprint density at radius 2 is 2.05 bits per heavy atom. The van der Waals surface area contributed by atoms with Gasteiger partial charge in [0.25, 0.3) is 0 Å². The van der Waals surface area contributed by atoms with Crippen molar-refractivity contribution in [3.05, 3.63) is 33.5 Å². The van der Waals surface area contributed by atoms with Crippen LogP contribution in [0.4, 0.5) is 5.13 Å². The lowest BCUT2D eigenvalue weighted by atomic mass is 10.2. The zero-order valence-corrected chi connectivity index (χ0v) is 13.3. The fraction of sp³-hybridized carbons (Fsp3) is 0.400. The summed E-state index contributed by atoms with van der Waals surface area (Å²) in [5.74, 6) is 5.76. The summed E-state index contributed by atoms with van der Waals surface area (Å²) in [7, 11) is 0. The van der Waals surface area contributed by atoms with E-state index in [2.05, 4.69) is 32.0 Å². The molecule has 1 N–H and O–H groups in total. The molecule has 4 nitrogen and oxygen atoms in total. The second-order valence-corrected chi connectivity index (χ2v) is 6.67. The minimum absolute atomic E-state index is 0.0816. The molecule has 0 aliphatic carbocycles. The maximum atomic E-state index is 8.81. The van der Waals surface area contributed by atoms with Crippen LogP contribution >= 0.6 is 22.7 Å². The zero-order valence-electron chi connectivity index (χ0n) is 11.7. The molecule has 0 radical (unpaired) electrons. The van der Waals surface area contributed by atoms with Crippen LogP contribution in [0.3, 0.4) is 0 Å². The van der Waals surface area contributed by atoms with E-state index in [1.54, 1.807) is 22.7 Å². The van der Waals surface area contributed by atoms with Gasteiger partial charge in [0.15, 0.2) is 5.13 Å². The second kappa shape index (κ2) is 7.05. The van der Waals surface area contributed by atoms with Gasteiger partial charge in [0, 0.05) is 54.7 Å². The fourth-order valence-electron chi connectivity index (χ4n) is 2.38. The standard InChI is InChI=1S/C15H17N3OS2/c19-9-1-2-13-3-10-20-14(13)12-17-5-7-18(8-6-17)15-16-4-11-21-15/h3-4,10-11,19H,5-9,12H2. The van der Waals surface area contributed by atoms with Crippen LogP contribution in [-0.4, -0.2) is 47.8 Å². The Hall–Kier alpha value is -1.39. The maximum Gasteiger partial charge on any atom is 0.185 e. The minimum atomic E-state index is -0.0816. The first-order valence-corrected chi connectivity index (χ1v) is 8.65. The van der Waals surface area contributed by atoms with Crippen LogP contribution in [-0.2, 0) is 6.54 Å². The van der Waals surface area contributed by atoms with E-state index < -0.39 is 0 Å². The summed E-state index contributed by atoms with van der Waals surface area (Å²) >= 11 is 3.45. The van der Waals surface area contributed by atoms with Crippen molar-refractivity contribution in [2.75, 3.05) is 37.7 Å². The van der Waals surface area contributed by atoms with Gasteiger partial charge in [-0.25, -0.2) is 4.98 Å². The number of aromatic nitrogens is 1. The summed E-state index contributed by atoms with van der Waals surface area (Å²) in [5, 5.41) is 14.0. The van der Waals surface area contributed by atoms with Crippen LogP contribution in [0.2, 0.25) is 0 Å². The SMILES string of the molecule is OCC#Cc1ccsc1CN1CCN(c2nccs2)CC1. The average molecular weight is 319 g/mol. The smallest absolute Gasteiger partial charge is 0.185 e. The van der Waals surface area contributed by atoms with Crippen molar-refractivity contribution in [3.8, 4) is 11.8 Å². The predicted molar refractivity (Wildman–Crippen MR) is 87.9 cm³/mol. The lowest BCUT2D eigenvalue weighted by molar-refractivity contribution is 0.251. The lowest BCUT2D eigenvalue weighted by Crippen LogP contribution is -2.45. The number of hydrogen-bond donors (Lipinski definition) is 1. The predicted octanol–water partition coefficient (Wildman–Crippen LogP) is 1.87. The van der Waals surface area contributed by atoms with Crippen molar-refractivity contribution >= 4 is 27.8 Å². The summed E-state index contributed by atoms with van der Waals surface area (Å²) in [6, 6.07) is 2.04. The maximum absolute atomic E-state index is 8.81. The summed E-state index contributed by atoms with van der Waals surface area (Å²) in [6.07, 6.45) is 1.87. The number of piperazine rings is 1. The molecule has 1 aliphatic heterocycles. The van der Waals surface area contributed by atoms with Crippen molar-refractivity contribution in [1.82, 2.24) is 9.88 Å². The van der Waals surface area contributed by atoms with E-state index in [1.807, 2.05) is 17.6 Å². The first-order chi connectivity index (χ1) is 10.4. The van der Waals surface area contributed by atoms with Gasteiger partial charge in [0.1, 0.15) is 6.61 Å². The molecule has 2 aromatic rings. The number of aliphatic hydroxyl groups is 1. The van der Waals surface area contributed by atoms with Gasteiger partial charge in [-0.1, -0.05) is 11.8 Å². The molecule has 0 atom stereocenters. The number of rotatable bonds is 3. The van der Waals surface area contributed by atoms with Gasteiger partial charge in [0.2, 0.25) is 0 Å². The number of hydrogen-bond acceptors (Lipinski definition) is 6. The van der Waals surface area contributed by atoms with Crippen molar-refractivity contribution in [2.45, 2.75) is 6.54 Å². The molecule has 2 aromatic heterocycles. The van der Waals surface area contributed by atoms with Crippen LogP contribution in [0, 0.1) is 11.8 Å². The summed E-state index contributed by atoms with van der Waals surface area (Å²) in [6.45, 7) is 5.00. The van der Waals surface area contributed by atoms with Crippen molar-refractivity contribution in [3.63, 3.8) is 0 Å². The molecule has 21 heavy (non-hydrogen) atoms. The molecule has 110 valence electrons. The summed E-state index contributed by atoms with van der Waals surface area (Å²) < 4.78 is 0. The fourth-order valence-corrected chi connectivity index (χ4v) is 3.95. The van der Waals surface area contributed by atoms with Gasteiger partial charge in [0.05, 0.1) is 0 Å². The summed E-state index contributed by atoms with van der Waals surface area (Å²) in [4.78, 5) is 10.5. The Morgan fingerprint density at radius 3 is 2.76 bits per heavy atom. The molecule has 0 unspecified atom stereocenters. The highest BCUT2D eigenvalue weighted by atomic mass is 32.1. The molecule has 6 heteroatoms. The highest BCUT2D eigenvalue weighted by Crippen LogP contribution is 2.22. The Kier molecular flexibility index (Phi) is 4.88. The lowest BCUT2D eigenvalue weighted by Gasteiger charge is -2.34. The van der Waals surface area contributed by atoms with Crippen LogP contribution < -0.4 is 4.90 Å². The molecule has 1 fully saturated rings. The number of nitrogens with zero attached hydrogens (tertiary/aromatic N) is 3. The molecule has 1 aliphatic rings. The molecule has 3 rings (SSSR count). The van der Waals surface area contributed by atoms with Crippen molar-refractivity contribution in [1.29, 1.82) is 0 Å². The topological polar surface area (TPSA) is 39.6 Å². The van der Waals surface area contributed by atoms with E-state index >= 15 is 0 Å². The molecular formula is C15H17N3OS2. The number of thiophene rings is 1. The van der Waals surface area contributed by atoms with Crippen molar-refractivity contribution < 1.29 is 5.11 Å². The van der Waals surface area contributed by atoms with E-state index in [4.69, 9.17) is 5.11 Å². The van der Waals surface area contributed by atoms with Gasteiger partial charge in [-0.05, 0) is 11.4 Å². The van der Waals surface area contributed by atoms with Gasteiger partial charge in [-0.2, -0.15) is 0 Å². The van der Waals surface area contributed by atoms with Crippen LogP contribution in [0.15, 0.2) is 23.0 Å². The Morgan fingerprint density at radius 1 is 1.19 bits per heavy atom. The number of anilines is 1. The first-order valence-electron chi connectivity index (χ1n) is 6.89. The molecule has 0 saturated carbocycles. The third-order valence-corrected chi connectivity index (χ3v) is 5.21. The first kappa shape index (κ1) is 14.5. The normalized spacial score (nSPS) is 15.8. The average Bonchev–Trinajstić information content (AvgIpc) is 3.18. The van der Waals surface area contributed by atoms with E-state index in [1.165, 1.54) is 4.88 Å². The van der Waals surface area contributed by atoms with Crippen LogP contribution in [0.25, 0.3) is 0 Å². The van der Waals surface area contributed by atoms with E-state index in [9.17, 15) is 0 Å². The molecule has 0 bridgehead atoms. The second-order valence-electron chi connectivity index (χ2n) is 4.80. The minimum Gasteiger partial charge on any atom is -0.384 e. The van der Waals surface area contributed by atoms with E-state index in [-0.39, 0.29) is 6.61 Å². The highest BCUT2D eigenvalue weighted by Gasteiger charge is 2.19. The molecule has 0 amide bonds. The quantitative estimate of drug-likeness (QED) is 0.877. The number of thiazole rings is 1. The van der Waals surface area contributed by atoms with Gasteiger partial charge in [-0.3, -0.25) is 4.90 Å². The Balaban J connectivity index is 1.57. The molecule has 0 aromatic carbocycles. The highest BCUT2D eigenvalue weighted by molar-refractivity contribution is 7.13. The van der Waals surface area contributed by atoms with Crippen LogP contribution in [0.1, 0.15) is 10.4 Å². The Bertz CT molecular complexity index is 619. The van der Waals surface area contributed by atoms with Gasteiger partial charge in [-0.15, -0.1) is 22.7 Å². The third kappa shape index (κ3) is 3.63. The van der Waals surface area contributed by atoms with Gasteiger partial charge < -0.3 is 10.0 Å². The van der Waals surface area contributed by atoms with Crippen LogP contribution in [0.5, 0.6) is 0 Å². The Labute approximate surface area is 132 Å². The molecule has 0 spiro atoms. The van der Waals surface area contributed by atoms with E-state index in [0.29, 0.717) is 0 Å². The molecule has 3 heterocycles. The zero-order chi connectivity index (χ0) is 14.5. The largest absolute Gasteiger partial charge is 0.384 e. The molecular weight excluding hydrogens is 302 g/mol. The third-order valence-electron chi connectivity index (χ3n) is 3.48. The van der Waals surface area contributed by atoms with Gasteiger partial charge >= 0.3 is 0 Å². The van der Waals surface area contributed by atoms with E-state index in [0.717, 1.165) is 43.4 Å². The summed E-state index contributed by atoms with van der Waals surface area (Å²) in [5.41, 5.74) is 1.05. The monoisotopic (exact) mass is 319 g/mol. The number of aliphatic hydroxyl groups excluding tert-OH is 1. The van der Waals surface area contributed by atoms with Crippen molar-refractivity contribution in [2.24, 2.45) is 0 Å².